The molecule has 1 unspecified atom stereocenters. The van der Waals surface area contributed by atoms with Gasteiger partial charge in [-0.05, 0) is 25.8 Å². The highest BCUT2D eigenvalue weighted by Crippen LogP contribution is 2.30. The Hall–Kier alpha value is -1.51. The summed E-state index contributed by atoms with van der Waals surface area (Å²) in [7, 11) is 0. The highest BCUT2D eigenvalue weighted by atomic mass is 16.5. The number of ether oxygens (including phenoxy) is 1. The predicted molar refractivity (Wildman–Crippen MR) is 74.7 cm³/mol. The Morgan fingerprint density at radius 1 is 1.21 bits per heavy atom. The van der Waals surface area contributed by atoms with Crippen molar-refractivity contribution in [1.29, 1.82) is 0 Å². The lowest BCUT2D eigenvalue weighted by Gasteiger charge is -2.13. The van der Waals surface area contributed by atoms with E-state index < -0.39 is 0 Å². The number of cyclic esters (lactones) is 1. The number of aryl methyl sites for hydroxylation is 1. The Labute approximate surface area is 114 Å². The number of hydrogen-bond donors (Lipinski definition) is 0. The Morgan fingerprint density at radius 2 is 2.00 bits per heavy atom. The molecular weight excluding hydrogens is 240 g/mol. The zero-order valence-electron chi connectivity index (χ0n) is 11.8. The van der Waals surface area contributed by atoms with E-state index in [1.54, 1.807) is 12.3 Å². The third kappa shape index (κ3) is 3.72. The summed E-state index contributed by atoms with van der Waals surface area (Å²) in [5.74, 6) is 0.629. The monoisotopic (exact) mass is 262 g/mol. The first-order valence-electron chi connectivity index (χ1n) is 7.18. The number of unbranched alkanes of at least 4 members (excludes halogenated alkanes) is 4. The molecule has 0 aromatic carbocycles. The highest BCUT2D eigenvalue weighted by molar-refractivity contribution is 5.97. The Bertz CT molecular complexity index is 456. The van der Waals surface area contributed by atoms with Crippen LogP contribution in [0.3, 0.4) is 0 Å². The van der Waals surface area contributed by atoms with Crippen molar-refractivity contribution in [3.8, 4) is 0 Å². The second-order valence-electron chi connectivity index (χ2n) is 5.17. The molecule has 3 nitrogen and oxygen atoms in total. The average molecular weight is 262 g/mol. The minimum Gasteiger partial charge on any atom is -0.469 e. The summed E-state index contributed by atoms with van der Waals surface area (Å²) in [6.07, 6.45) is 10.2. The van der Waals surface area contributed by atoms with Crippen molar-refractivity contribution in [2.45, 2.75) is 58.5 Å². The maximum Gasteiger partial charge on any atom is 0.331 e. The molecule has 1 atom stereocenters. The molecule has 1 aliphatic rings. The van der Waals surface area contributed by atoms with Crippen LogP contribution in [0.15, 0.2) is 22.8 Å². The number of carbonyl (C=O) groups is 1. The van der Waals surface area contributed by atoms with Crippen molar-refractivity contribution in [2.24, 2.45) is 0 Å². The van der Waals surface area contributed by atoms with Crippen molar-refractivity contribution in [3.05, 3.63) is 29.7 Å². The fraction of sp³-hybridized carbons (Fsp3) is 0.562. The van der Waals surface area contributed by atoms with Crippen molar-refractivity contribution < 1.29 is 13.9 Å². The molecule has 1 aromatic rings. The van der Waals surface area contributed by atoms with Gasteiger partial charge >= 0.3 is 5.97 Å². The predicted octanol–water partition coefficient (Wildman–Crippen LogP) is 4.26. The summed E-state index contributed by atoms with van der Waals surface area (Å²) in [6.45, 7) is 4.11. The van der Waals surface area contributed by atoms with Crippen molar-refractivity contribution in [2.75, 3.05) is 0 Å². The number of hydrogen-bond acceptors (Lipinski definition) is 3. The van der Waals surface area contributed by atoms with E-state index in [4.69, 9.17) is 9.15 Å². The Morgan fingerprint density at radius 3 is 2.68 bits per heavy atom. The molecule has 2 heterocycles. The standard InChI is InChI=1S/C16H22O3/c1-3-4-5-6-7-8-15-14(10-16(17)19-15)13-9-12(2)18-11-13/h9-11,15H,3-8H2,1-2H3. The van der Waals surface area contributed by atoms with Gasteiger partial charge in [0.1, 0.15) is 11.9 Å². The minimum absolute atomic E-state index is 0.0915. The largest absolute Gasteiger partial charge is 0.469 e. The minimum atomic E-state index is -0.229. The van der Waals surface area contributed by atoms with E-state index in [2.05, 4.69) is 6.92 Å². The van der Waals surface area contributed by atoms with Crippen LogP contribution >= 0.6 is 0 Å². The van der Waals surface area contributed by atoms with Gasteiger partial charge in [0.05, 0.1) is 6.26 Å². The van der Waals surface area contributed by atoms with Crippen LogP contribution in [0.5, 0.6) is 0 Å². The van der Waals surface area contributed by atoms with Gasteiger partial charge in [-0.25, -0.2) is 4.79 Å². The van der Waals surface area contributed by atoms with Gasteiger partial charge in [0.25, 0.3) is 0 Å². The molecule has 0 bridgehead atoms. The highest BCUT2D eigenvalue weighted by Gasteiger charge is 2.27. The molecule has 0 fully saturated rings. The van der Waals surface area contributed by atoms with Gasteiger partial charge in [-0.3, -0.25) is 0 Å². The van der Waals surface area contributed by atoms with Crippen LogP contribution in [-0.4, -0.2) is 12.1 Å². The first-order chi connectivity index (χ1) is 9.20. The Kier molecular flexibility index (Phi) is 4.83. The van der Waals surface area contributed by atoms with E-state index in [9.17, 15) is 4.79 Å². The van der Waals surface area contributed by atoms with E-state index in [1.807, 2.05) is 13.0 Å². The topological polar surface area (TPSA) is 39.4 Å². The smallest absolute Gasteiger partial charge is 0.331 e. The molecule has 0 spiro atoms. The zero-order chi connectivity index (χ0) is 13.7. The van der Waals surface area contributed by atoms with E-state index in [0.29, 0.717) is 0 Å². The van der Waals surface area contributed by atoms with E-state index in [1.165, 1.54) is 25.7 Å². The summed E-state index contributed by atoms with van der Waals surface area (Å²) in [5, 5.41) is 0. The van der Waals surface area contributed by atoms with Crippen LogP contribution in [0.1, 0.15) is 56.8 Å². The SMILES string of the molecule is CCCCCCCC1OC(=O)C=C1c1coc(C)c1. The van der Waals surface area contributed by atoms with E-state index in [-0.39, 0.29) is 12.1 Å². The van der Waals surface area contributed by atoms with Crippen LogP contribution in [0.2, 0.25) is 0 Å². The normalized spacial score (nSPS) is 18.5. The molecule has 3 heteroatoms. The quantitative estimate of drug-likeness (QED) is 0.544. The molecule has 0 amide bonds. The molecule has 19 heavy (non-hydrogen) atoms. The fourth-order valence-corrected chi connectivity index (χ4v) is 2.47. The van der Waals surface area contributed by atoms with Crippen molar-refractivity contribution in [1.82, 2.24) is 0 Å². The molecule has 1 aromatic heterocycles. The maximum absolute atomic E-state index is 11.4. The van der Waals surface area contributed by atoms with Gasteiger partial charge in [-0.2, -0.15) is 0 Å². The van der Waals surface area contributed by atoms with Crippen molar-refractivity contribution >= 4 is 11.5 Å². The molecule has 0 aliphatic carbocycles. The number of esters is 1. The van der Waals surface area contributed by atoms with Gasteiger partial charge < -0.3 is 9.15 Å². The third-order valence-corrected chi connectivity index (χ3v) is 3.51. The van der Waals surface area contributed by atoms with Crippen LogP contribution < -0.4 is 0 Å². The molecule has 0 saturated carbocycles. The second-order valence-corrected chi connectivity index (χ2v) is 5.17. The van der Waals surface area contributed by atoms with Gasteiger partial charge in [0, 0.05) is 17.2 Å². The lowest BCUT2D eigenvalue weighted by Crippen LogP contribution is -2.10. The maximum atomic E-state index is 11.4. The summed E-state index contributed by atoms with van der Waals surface area (Å²) in [5.41, 5.74) is 1.94. The van der Waals surface area contributed by atoms with Crippen molar-refractivity contribution in [3.63, 3.8) is 0 Å². The lowest BCUT2D eigenvalue weighted by molar-refractivity contribution is -0.138. The summed E-state index contributed by atoms with van der Waals surface area (Å²) < 4.78 is 10.7. The van der Waals surface area contributed by atoms with Gasteiger partial charge in [0.15, 0.2) is 0 Å². The molecule has 0 N–H and O–H groups in total. The molecule has 104 valence electrons. The Balaban J connectivity index is 1.90. The van der Waals surface area contributed by atoms with Gasteiger partial charge in [-0.15, -0.1) is 0 Å². The summed E-state index contributed by atoms with van der Waals surface area (Å²) >= 11 is 0. The van der Waals surface area contributed by atoms with Crippen LogP contribution in [0.25, 0.3) is 5.57 Å². The van der Waals surface area contributed by atoms with E-state index in [0.717, 1.165) is 29.7 Å². The van der Waals surface area contributed by atoms with Gasteiger partial charge in [0.2, 0.25) is 0 Å². The summed E-state index contributed by atoms with van der Waals surface area (Å²) in [6, 6.07) is 1.96. The second kappa shape index (κ2) is 6.60. The molecular formula is C16H22O3. The number of rotatable bonds is 7. The first-order valence-corrected chi connectivity index (χ1v) is 7.18. The molecule has 0 radical (unpaired) electrons. The third-order valence-electron chi connectivity index (χ3n) is 3.51. The van der Waals surface area contributed by atoms with Crippen LogP contribution in [0.4, 0.5) is 0 Å². The average Bonchev–Trinajstić information content (AvgIpc) is 2.95. The number of carbonyl (C=O) groups excluding carboxylic acids is 1. The molecule has 0 saturated heterocycles. The first kappa shape index (κ1) is 13.9. The lowest BCUT2D eigenvalue weighted by atomic mass is 9.99. The molecule has 1 aliphatic heterocycles. The fourth-order valence-electron chi connectivity index (χ4n) is 2.47. The molecule has 2 rings (SSSR count). The number of furan rings is 1. The van der Waals surface area contributed by atoms with E-state index >= 15 is 0 Å². The zero-order valence-corrected chi connectivity index (χ0v) is 11.8. The van der Waals surface area contributed by atoms with Crippen LogP contribution in [-0.2, 0) is 9.53 Å². The van der Waals surface area contributed by atoms with Gasteiger partial charge in [-0.1, -0.05) is 32.6 Å². The van der Waals surface area contributed by atoms with Crippen LogP contribution in [0, 0.1) is 6.92 Å². The summed E-state index contributed by atoms with van der Waals surface area (Å²) in [4.78, 5) is 11.4.